The summed E-state index contributed by atoms with van der Waals surface area (Å²) in [6.07, 6.45) is 1.91. The number of anilines is 1. The van der Waals surface area contributed by atoms with Gasteiger partial charge in [0.1, 0.15) is 5.82 Å². The molecule has 0 aliphatic heterocycles. The molecular weight excluding hydrogens is 490 g/mol. The number of halogens is 4. The molecule has 0 bridgehead atoms. The van der Waals surface area contributed by atoms with E-state index in [-0.39, 0.29) is 40.5 Å². The fourth-order valence-electron chi connectivity index (χ4n) is 2.74. The molecule has 31 heavy (non-hydrogen) atoms. The maximum absolute atomic E-state index is 12.2. The van der Waals surface area contributed by atoms with E-state index in [0.717, 1.165) is 6.07 Å². The maximum atomic E-state index is 12.2. The van der Waals surface area contributed by atoms with Crippen molar-refractivity contribution in [2.45, 2.75) is 13.0 Å². The molecule has 1 aromatic heterocycles. The van der Waals surface area contributed by atoms with Crippen molar-refractivity contribution in [1.29, 1.82) is 0 Å². The summed E-state index contributed by atoms with van der Waals surface area (Å²) in [7, 11) is 0. The molecule has 0 spiro atoms. The Bertz CT molecular complexity index is 1220. The molecule has 2 N–H and O–H groups in total. The number of benzene rings is 2. The first-order chi connectivity index (χ1) is 14.7. The van der Waals surface area contributed by atoms with Crippen molar-refractivity contribution in [2.24, 2.45) is 0 Å². The van der Waals surface area contributed by atoms with Gasteiger partial charge in [0.15, 0.2) is 5.75 Å². The zero-order valence-corrected chi connectivity index (χ0v) is 18.7. The highest BCUT2D eigenvalue weighted by atomic mass is 35.5. The smallest absolute Gasteiger partial charge is 0.349 e. The van der Waals surface area contributed by atoms with Crippen LogP contribution in [0.1, 0.15) is 6.42 Å². The minimum absolute atomic E-state index is 0.0151. The van der Waals surface area contributed by atoms with Gasteiger partial charge in [-0.1, -0.05) is 52.5 Å². The number of ether oxygens (including phenoxy) is 1. The Morgan fingerprint density at radius 3 is 2.42 bits per heavy atom. The average Bonchev–Trinajstić information content (AvgIpc) is 2.71. The van der Waals surface area contributed by atoms with E-state index in [1.54, 1.807) is 24.4 Å². The van der Waals surface area contributed by atoms with Crippen LogP contribution < -0.4 is 16.2 Å². The van der Waals surface area contributed by atoms with E-state index in [1.165, 1.54) is 10.6 Å². The Morgan fingerprint density at radius 2 is 1.74 bits per heavy atom. The van der Waals surface area contributed by atoms with Crippen molar-refractivity contribution < 1.29 is 9.66 Å². The van der Waals surface area contributed by atoms with Crippen LogP contribution in [-0.2, 0) is 6.54 Å². The van der Waals surface area contributed by atoms with E-state index in [4.69, 9.17) is 56.9 Å². The summed E-state index contributed by atoms with van der Waals surface area (Å²) in [4.78, 5) is 26.6. The van der Waals surface area contributed by atoms with Crippen molar-refractivity contribution in [1.82, 2.24) is 9.55 Å². The summed E-state index contributed by atoms with van der Waals surface area (Å²) in [5, 5.41) is 12.1. The van der Waals surface area contributed by atoms with Crippen molar-refractivity contribution in [2.75, 3.05) is 12.3 Å². The third-order valence-corrected chi connectivity index (χ3v) is 5.71. The van der Waals surface area contributed by atoms with Gasteiger partial charge in [-0.15, -0.1) is 0 Å². The van der Waals surface area contributed by atoms with E-state index in [0.29, 0.717) is 27.6 Å². The van der Waals surface area contributed by atoms with Gasteiger partial charge in [-0.25, -0.2) is 4.79 Å². The average molecular weight is 504 g/mol. The number of nitrogens with two attached hydrogens (primary N) is 1. The molecule has 0 saturated carbocycles. The second kappa shape index (κ2) is 9.74. The van der Waals surface area contributed by atoms with Crippen LogP contribution >= 0.6 is 46.4 Å². The highest BCUT2D eigenvalue weighted by Gasteiger charge is 2.18. The van der Waals surface area contributed by atoms with Gasteiger partial charge in [-0.3, -0.25) is 14.7 Å². The van der Waals surface area contributed by atoms with E-state index >= 15 is 0 Å². The Kier molecular flexibility index (Phi) is 7.27. The molecule has 0 aliphatic carbocycles. The first-order valence-corrected chi connectivity index (χ1v) is 10.3. The van der Waals surface area contributed by atoms with Gasteiger partial charge in [0.2, 0.25) is 0 Å². The molecule has 0 aliphatic rings. The second-order valence-electron chi connectivity index (χ2n) is 6.34. The first kappa shape index (κ1) is 23.1. The Labute approximate surface area is 196 Å². The molecule has 2 aromatic carbocycles. The van der Waals surface area contributed by atoms with Crippen LogP contribution in [-0.4, -0.2) is 21.1 Å². The highest BCUT2D eigenvalue weighted by molar-refractivity contribution is 6.42. The van der Waals surface area contributed by atoms with Crippen LogP contribution in [0.4, 0.5) is 11.5 Å². The minimum Gasteiger partial charge on any atom is -0.487 e. The van der Waals surface area contributed by atoms with E-state index in [1.807, 2.05) is 0 Å². The van der Waals surface area contributed by atoms with Gasteiger partial charge in [-0.2, -0.15) is 4.98 Å². The van der Waals surface area contributed by atoms with E-state index < -0.39 is 10.6 Å². The maximum Gasteiger partial charge on any atom is 0.349 e. The number of aryl methyl sites for hydroxylation is 1. The van der Waals surface area contributed by atoms with Crippen LogP contribution in [0.5, 0.6) is 5.75 Å². The zero-order valence-electron chi connectivity index (χ0n) is 15.6. The monoisotopic (exact) mass is 502 g/mol. The fraction of sp³-hybridized carbons (Fsp3) is 0.158. The summed E-state index contributed by atoms with van der Waals surface area (Å²) in [5.74, 6) is 0.0426. The minimum atomic E-state index is -0.616. The molecule has 0 saturated heterocycles. The number of hydrogen-bond acceptors (Lipinski definition) is 6. The molecule has 8 nitrogen and oxygen atoms in total. The number of nitrogen functional groups attached to an aromatic ring is 1. The lowest BCUT2D eigenvalue weighted by Gasteiger charge is -2.12. The summed E-state index contributed by atoms with van der Waals surface area (Å²) in [6.45, 7) is 0.313. The number of aromatic nitrogens is 2. The second-order valence-corrected chi connectivity index (χ2v) is 7.97. The summed E-state index contributed by atoms with van der Waals surface area (Å²) in [5.41, 5.74) is 6.22. The normalized spacial score (nSPS) is 10.8. The first-order valence-electron chi connectivity index (χ1n) is 8.76. The lowest BCUT2D eigenvalue weighted by atomic mass is 10.1. The SMILES string of the molecule is Nc1nc(=O)n(CCCOc2cc(Cl)c(Cl)cc2[N+](=O)[O-])cc1-c1ccc(Cl)c(Cl)c1. The quantitative estimate of drug-likeness (QED) is 0.259. The third-order valence-electron chi connectivity index (χ3n) is 4.25. The predicted molar refractivity (Wildman–Crippen MR) is 122 cm³/mol. The molecular formula is C19H14Cl4N4O4. The topological polar surface area (TPSA) is 113 Å². The van der Waals surface area contributed by atoms with Gasteiger partial charge in [0.25, 0.3) is 0 Å². The summed E-state index contributed by atoms with van der Waals surface area (Å²) >= 11 is 23.7. The van der Waals surface area contributed by atoms with E-state index in [2.05, 4.69) is 4.98 Å². The number of nitro groups is 1. The molecule has 0 atom stereocenters. The zero-order chi connectivity index (χ0) is 22.7. The lowest BCUT2D eigenvalue weighted by molar-refractivity contribution is -0.385. The Hall–Kier alpha value is -2.52. The molecule has 3 aromatic rings. The molecule has 3 rings (SSSR count). The highest BCUT2D eigenvalue weighted by Crippen LogP contribution is 2.35. The molecule has 162 valence electrons. The molecule has 0 fully saturated rings. The van der Waals surface area contributed by atoms with Crippen LogP contribution in [0, 0.1) is 10.1 Å². The third kappa shape index (κ3) is 5.40. The van der Waals surface area contributed by atoms with Crippen molar-refractivity contribution in [3.8, 4) is 16.9 Å². The molecule has 0 unspecified atom stereocenters. The predicted octanol–water partition coefficient (Wildman–Crippen LogP) is 5.48. The molecule has 12 heteroatoms. The van der Waals surface area contributed by atoms with Crippen molar-refractivity contribution >= 4 is 57.9 Å². The van der Waals surface area contributed by atoms with Crippen LogP contribution in [0.15, 0.2) is 41.3 Å². The van der Waals surface area contributed by atoms with Gasteiger partial charge in [-0.05, 0) is 24.1 Å². The van der Waals surface area contributed by atoms with E-state index in [9.17, 15) is 14.9 Å². The number of rotatable bonds is 7. The van der Waals surface area contributed by atoms with Gasteiger partial charge in [0.05, 0.1) is 31.6 Å². The van der Waals surface area contributed by atoms with Crippen LogP contribution in [0.2, 0.25) is 20.1 Å². The standard InChI is InChI=1S/C19H14Cl4N4O4/c20-12-3-2-10(6-13(12)21)11-9-26(19(28)25-18(11)24)4-1-5-31-17-8-15(23)14(22)7-16(17)27(29)30/h2-3,6-9H,1,4-5H2,(H2,24,25,28). The number of nitro benzene ring substituents is 1. The Morgan fingerprint density at radius 1 is 1.06 bits per heavy atom. The largest absolute Gasteiger partial charge is 0.487 e. The number of nitrogens with zero attached hydrogens (tertiary/aromatic N) is 3. The summed E-state index contributed by atoms with van der Waals surface area (Å²) in [6, 6.07) is 7.35. The van der Waals surface area contributed by atoms with Crippen LogP contribution in [0.25, 0.3) is 11.1 Å². The molecule has 1 heterocycles. The molecule has 0 radical (unpaired) electrons. The number of hydrogen-bond donors (Lipinski definition) is 1. The summed E-state index contributed by atoms with van der Waals surface area (Å²) < 4.78 is 6.85. The fourth-order valence-corrected chi connectivity index (χ4v) is 3.35. The Balaban J connectivity index is 1.74. The van der Waals surface area contributed by atoms with Crippen molar-refractivity contribution in [3.63, 3.8) is 0 Å². The molecule has 0 amide bonds. The van der Waals surface area contributed by atoms with Gasteiger partial charge < -0.3 is 10.5 Å². The lowest BCUT2D eigenvalue weighted by Crippen LogP contribution is -2.25. The van der Waals surface area contributed by atoms with Gasteiger partial charge >= 0.3 is 11.4 Å². The van der Waals surface area contributed by atoms with Crippen molar-refractivity contribution in [3.05, 3.63) is 77.2 Å². The van der Waals surface area contributed by atoms with Crippen LogP contribution in [0.3, 0.4) is 0 Å². The van der Waals surface area contributed by atoms with Gasteiger partial charge in [0, 0.05) is 30.4 Å².